The van der Waals surface area contributed by atoms with Crippen molar-refractivity contribution in [1.29, 1.82) is 0 Å². The molecule has 1 N–H and O–H groups in total. The van der Waals surface area contributed by atoms with Crippen LogP contribution in [0.15, 0.2) is 0 Å². The highest BCUT2D eigenvalue weighted by atomic mass is 16.5. The van der Waals surface area contributed by atoms with Crippen LogP contribution in [-0.4, -0.2) is 38.0 Å². The molecule has 106 valence electrons. The van der Waals surface area contributed by atoms with Gasteiger partial charge in [0.05, 0.1) is 12.7 Å². The number of nitrogens with one attached hydrogen (secondary N) is 1. The summed E-state index contributed by atoms with van der Waals surface area (Å²) >= 11 is 0. The maximum atomic E-state index is 5.85. The first-order valence-corrected chi connectivity index (χ1v) is 7.43. The molecule has 2 aliphatic rings. The number of fused-ring (bicyclic) bond motifs is 1. The second-order valence-corrected chi connectivity index (χ2v) is 6.72. The van der Waals surface area contributed by atoms with Crippen molar-refractivity contribution >= 4 is 0 Å². The molecular weight excluding hydrogens is 226 g/mol. The molecule has 0 aromatic rings. The van der Waals surface area contributed by atoms with E-state index in [1.807, 2.05) is 0 Å². The molecule has 0 spiro atoms. The summed E-state index contributed by atoms with van der Waals surface area (Å²) in [4.78, 5) is 0. The lowest BCUT2D eigenvalue weighted by Gasteiger charge is -2.56. The number of hydrogen-bond acceptors (Lipinski definition) is 3. The predicted molar refractivity (Wildman–Crippen MR) is 73.7 cm³/mol. The van der Waals surface area contributed by atoms with Gasteiger partial charge in [-0.05, 0) is 19.3 Å². The summed E-state index contributed by atoms with van der Waals surface area (Å²) < 4.78 is 11.5. The van der Waals surface area contributed by atoms with E-state index in [2.05, 4.69) is 39.9 Å². The molecule has 18 heavy (non-hydrogen) atoms. The van der Waals surface area contributed by atoms with Crippen LogP contribution in [0.25, 0.3) is 0 Å². The van der Waals surface area contributed by atoms with Crippen molar-refractivity contribution in [2.24, 2.45) is 17.3 Å². The molecule has 4 unspecified atom stereocenters. The Labute approximate surface area is 112 Å². The molecule has 3 heteroatoms. The van der Waals surface area contributed by atoms with Crippen molar-refractivity contribution in [2.75, 3.05) is 19.8 Å². The van der Waals surface area contributed by atoms with Crippen LogP contribution in [0.5, 0.6) is 0 Å². The monoisotopic (exact) mass is 255 g/mol. The van der Waals surface area contributed by atoms with Crippen LogP contribution in [0.4, 0.5) is 0 Å². The van der Waals surface area contributed by atoms with E-state index >= 15 is 0 Å². The summed E-state index contributed by atoms with van der Waals surface area (Å²) in [5.74, 6) is 1.32. The first-order chi connectivity index (χ1) is 8.48. The molecule has 1 saturated carbocycles. The van der Waals surface area contributed by atoms with Gasteiger partial charge in [0, 0.05) is 36.6 Å². The minimum atomic E-state index is 0.264. The van der Waals surface area contributed by atoms with Crippen molar-refractivity contribution < 1.29 is 9.47 Å². The number of ether oxygens (including phenoxy) is 2. The van der Waals surface area contributed by atoms with Gasteiger partial charge in [-0.2, -0.15) is 0 Å². The second-order valence-electron chi connectivity index (χ2n) is 6.72. The molecule has 1 aliphatic heterocycles. The average molecular weight is 255 g/mol. The Kier molecular flexibility index (Phi) is 4.35. The third-order valence-electron chi connectivity index (χ3n) is 4.80. The maximum Gasteiger partial charge on any atom is 0.0685 e. The first kappa shape index (κ1) is 14.3. The molecule has 4 atom stereocenters. The zero-order chi connectivity index (χ0) is 13.3. The van der Waals surface area contributed by atoms with Gasteiger partial charge in [-0.15, -0.1) is 0 Å². The predicted octanol–water partition coefficient (Wildman–Crippen LogP) is 2.45. The van der Waals surface area contributed by atoms with Gasteiger partial charge in [0.25, 0.3) is 0 Å². The fourth-order valence-corrected chi connectivity index (χ4v) is 3.57. The average Bonchev–Trinajstić information content (AvgIpc) is 2.75. The molecule has 2 rings (SSSR count). The highest BCUT2D eigenvalue weighted by molar-refractivity contribution is 5.11. The summed E-state index contributed by atoms with van der Waals surface area (Å²) in [5.41, 5.74) is 0.264. The second kappa shape index (κ2) is 5.48. The lowest BCUT2D eigenvalue weighted by molar-refractivity contribution is -0.119. The van der Waals surface area contributed by atoms with E-state index < -0.39 is 0 Å². The molecule has 1 heterocycles. The van der Waals surface area contributed by atoms with E-state index in [1.165, 1.54) is 6.42 Å². The van der Waals surface area contributed by atoms with Crippen LogP contribution < -0.4 is 5.32 Å². The van der Waals surface area contributed by atoms with Crippen LogP contribution in [0.2, 0.25) is 0 Å². The fraction of sp³-hybridized carbons (Fsp3) is 1.00. The van der Waals surface area contributed by atoms with Crippen molar-refractivity contribution in [1.82, 2.24) is 5.32 Å². The van der Waals surface area contributed by atoms with Crippen LogP contribution in [0.1, 0.15) is 41.0 Å². The summed E-state index contributed by atoms with van der Waals surface area (Å²) in [6.07, 6.45) is 1.68. The quantitative estimate of drug-likeness (QED) is 0.791. The van der Waals surface area contributed by atoms with Gasteiger partial charge in [0.15, 0.2) is 0 Å². The summed E-state index contributed by atoms with van der Waals surface area (Å²) in [6, 6.07) is 1.04. The zero-order valence-electron chi connectivity index (χ0n) is 12.5. The van der Waals surface area contributed by atoms with Crippen LogP contribution >= 0.6 is 0 Å². The Hall–Kier alpha value is -0.120. The zero-order valence-corrected chi connectivity index (χ0v) is 12.5. The van der Waals surface area contributed by atoms with Crippen LogP contribution in [0.3, 0.4) is 0 Å². The molecule has 2 fully saturated rings. The molecule has 3 nitrogen and oxygen atoms in total. The van der Waals surface area contributed by atoms with E-state index in [0.717, 1.165) is 19.8 Å². The molecule has 0 aromatic heterocycles. The number of hydrogen-bond donors (Lipinski definition) is 1. The molecule has 0 aromatic carbocycles. The third-order valence-corrected chi connectivity index (χ3v) is 4.80. The normalized spacial score (nSPS) is 35.3. The van der Waals surface area contributed by atoms with Crippen molar-refractivity contribution in [3.8, 4) is 0 Å². The lowest BCUT2D eigenvalue weighted by atomic mass is 9.57. The standard InChI is InChI=1S/C15H29NO2/c1-6-17-9-12(10(2)3)16-13-11-7-8-18-14(11)15(13,4)5/h10-14,16H,6-9H2,1-5H3. The third kappa shape index (κ3) is 2.45. The molecule has 1 aliphatic carbocycles. The van der Waals surface area contributed by atoms with Crippen molar-refractivity contribution in [3.05, 3.63) is 0 Å². The first-order valence-electron chi connectivity index (χ1n) is 7.43. The van der Waals surface area contributed by atoms with Gasteiger partial charge in [-0.3, -0.25) is 0 Å². The Bertz CT molecular complexity index is 278. The summed E-state index contributed by atoms with van der Waals surface area (Å²) in [6.45, 7) is 13.8. The van der Waals surface area contributed by atoms with Gasteiger partial charge < -0.3 is 14.8 Å². The SMILES string of the molecule is CCOCC(NC1C2CCOC2C1(C)C)C(C)C. The van der Waals surface area contributed by atoms with Crippen LogP contribution in [-0.2, 0) is 9.47 Å². The van der Waals surface area contributed by atoms with E-state index in [4.69, 9.17) is 9.47 Å². The molecule has 1 saturated heterocycles. The Morgan fingerprint density at radius 1 is 1.39 bits per heavy atom. The summed E-state index contributed by atoms with van der Waals surface area (Å²) in [5, 5.41) is 3.84. The molecule has 0 radical (unpaired) electrons. The topological polar surface area (TPSA) is 30.5 Å². The minimum absolute atomic E-state index is 0.264. The largest absolute Gasteiger partial charge is 0.380 e. The minimum Gasteiger partial charge on any atom is -0.380 e. The molecule has 0 bridgehead atoms. The smallest absolute Gasteiger partial charge is 0.0685 e. The van der Waals surface area contributed by atoms with Gasteiger partial charge in [-0.1, -0.05) is 27.7 Å². The summed E-state index contributed by atoms with van der Waals surface area (Å²) in [7, 11) is 0. The van der Waals surface area contributed by atoms with Gasteiger partial charge in [0.2, 0.25) is 0 Å². The number of rotatable bonds is 6. The Morgan fingerprint density at radius 2 is 2.11 bits per heavy atom. The highest BCUT2D eigenvalue weighted by Crippen LogP contribution is 2.52. The van der Waals surface area contributed by atoms with Crippen LogP contribution in [0, 0.1) is 17.3 Å². The van der Waals surface area contributed by atoms with E-state index in [0.29, 0.717) is 30.0 Å². The van der Waals surface area contributed by atoms with Crippen molar-refractivity contribution in [2.45, 2.75) is 59.2 Å². The van der Waals surface area contributed by atoms with Gasteiger partial charge in [0.1, 0.15) is 0 Å². The van der Waals surface area contributed by atoms with E-state index in [9.17, 15) is 0 Å². The van der Waals surface area contributed by atoms with Gasteiger partial charge in [-0.25, -0.2) is 0 Å². The Morgan fingerprint density at radius 3 is 2.72 bits per heavy atom. The highest BCUT2D eigenvalue weighted by Gasteiger charge is 2.59. The maximum absolute atomic E-state index is 5.85. The Balaban J connectivity index is 1.94. The van der Waals surface area contributed by atoms with Gasteiger partial charge >= 0.3 is 0 Å². The lowest BCUT2D eigenvalue weighted by Crippen LogP contribution is -2.68. The molecular formula is C15H29NO2. The van der Waals surface area contributed by atoms with Crippen molar-refractivity contribution in [3.63, 3.8) is 0 Å². The fourth-order valence-electron chi connectivity index (χ4n) is 3.57. The van der Waals surface area contributed by atoms with E-state index in [1.54, 1.807) is 0 Å². The molecule has 0 amide bonds. The van der Waals surface area contributed by atoms with E-state index in [-0.39, 0.29) is 5.41 Å².